The largest absolute Gasteiger partial charge is 0.336 e. The van der Waals surface area contributed by atoms with E-state index in [4.69, 9.17) is 0 Å². The standard InChI is InChI=1S/C37H35BN2.C35H33BN2.C31H27BN2/c1-22-18-27-35-29(19-22)38-28-14-8-13-26-25-12-6-7-15-30(25)39(34(26)28)31-16-9-17-32(33(31)38)40(35)37(3)21-24-11-5-4-10-23(24)20-36(27,37)2;1-4-34-18-8-9-19-35(34,5-2)38-30-17-11-16-29-31(30)36(27-21-22(3)20-25(34)33(27)38)26-14-10-13-24-23-12-6-7-15-28(23)37(29)32(24)26;1-18-16-21-29-23(17-18)32-22-12-8-11-20-19-10-6-7-13-24(19)33(28(20)22)25-14-9-15-26(27(25)32)34(29)31(4,5)30(21,2)3/h6-9,12-19,23-24H,4-5,10-11,20-21H2,1-3H3;6-7,10-17,20-21H,4-5,8-9,18-19H2,1-3H3;6-17H,1-5H3. The molecule has 3 fully saturated rings. The van der Waals surface area contributed by atoms with Crippen LogP contribution >= 0.6 is 0 Å². The van der Waals surface area contributed by atoms with E-state index in [-0.39, 0.29) is 53.0 Å². The smallest absolute Gasteiger partial charge is 0.252 e. The molecule has 0 spiro atoms. The van der Waals surface area contributed by atoms with E-state index in [0.29, 0.717) is 0 Å². The van der Waals surface area contributed by atoms with Crippen LogP contribution in [0.15, 0.2) is 218 Å². The van der Waals surface area contributed by atoms with Crippen molar-refractivity contribution in [1.82, 2.24) is 13.7 Å². The summed E-state index contributed by atoms with van der Waals surface area (Å²) >= 11 is 0. The van der Waals surface area contributed by atoms with Crippen molar-refractivity contribution in [2.45, 2.75) is 186 Å². The summed E-state index contributed by atoms with van der Waals surface area (Å²) in [5.41, 5.74) is 44.0. The van der Waals surface area contributed by atoms with Crippen molar-refractivity contribution in [3.05, 3.63) is 252 Å². The third-order valence-electron chi connectivity index (χ3n) is 33.0. The molecule has 27 rings (SSSR count). The summed E-state index contributed by atoms with van der Waals surface area (Å²) < 4.78 is 7.71. The number of aromatic nitrogens is 3. The van der Waals surface area contributed by atoms with Gasteiger partial charge in [-0.2, -0.15) is 0 Å². The Labute approximate surface area is 659 Å². The highest BCUT2D eigenvalue weighted by atomic mass is 15.3. The Balaban J connectivity index is 0.0000000956. The summed E-state index contributed by atoms with van der Waals surface area (Å²) in [6.45, 7) is 27.6. The van der Waals surface area contributed by atoms with Gasteiger partial charge in [0.1, 0.15) is 0 Å². The maximum absolute atomic E-state index is 2.89. The van der Waals surface area contributed by atoms with Crippen LogP contribution in [0.5, 0.6) is 0 Å². The molecule has 546 valence electrons. The number of hydrogen-bond acceptors (Lipinski definition) is 3. The lowest BCUT2D eigenvalue weighted by atomic mass is 9.33. The zero-order valence-electron chi connectivity index (χ0n) is 66.8. The molecule has 15 aromatic rings. The van der Waals surface area contributed by atoms with Gasteiger partial charge in [0, 0.05) is 122 Å². The third kappa shape index (κ3) is 7.41. The Morgan fingerprint density at radius 1 is 0.348 bits per heavy atom. The molecule has 6 atom stereocenters. The first-order chi connectivity index (χ1) is 54.5. The Bertz CT molecular complexity index is 6820. The molecule has 3 aromatic heterocycles. The van der Waals surface area contributed by atoms with E-state index < -0.39 is 0 Å². The fraction of sp³-hybridized carbons (Fsp3) is 0.301. The number of para-hydroxylation sites is 6. The summed E-state index contributed by atoms with van der Waals surface area (Å²) in [4.78, 5) is 8.45. The molecule has 12 heterocycles. The first-order valence-electron chi connectivity index (χ1n) is 42.8. The number of nitrogens with zero attached hydrogens (tertiary/aromatic N) is 6. The van der Waals surface area contributed by atoms with Crippen LogP contribution in [0.1, 0.15) is 166 Å². The zero-order valence-corrected chi connectivity index (χ0v) is 66.8. The Morgan fingerprint density at radius 3 is 1.21 bits per heavy atom. The van der Waals surface area contributed by atoms with Gasteiger partial charge in [-0.15, -0.1) is 0 Å². The molecule has 112 heavy (non-hydrogen) atoms. The molecule has 6 unspecified atom stereocenters. The van der Waals surface area contributed by atoms with Crippen molar-refractivity contribution in [3.8, 4) is 17.1 Å². The lowest BCUT2D eigenvalue weighted by molar-refractivity contribution is 0.0581. The maximum Gasteiger partial charge on any atom is 0.252 e. The molecule has 9 heteroatoms. The highest BCUT2D eigenvalue weighted by Crippen LogP contribution is 2.67. The monoisotopic (exact) mass is 1450 g/mol. The Morgan fingerprint density at radius 2 is 0.732 bits per heavy atom. The zero-order chi connectivity index (χ0) is 75.1. The van der Waals surface area contributed by atoms with Crippen LogP contribution in [0.3, 0.4) is 0 Å². The predicted octanol–water partition coefficient (Wildman–Crippen LogP) is 19.2. The summed E-state index contributed by atoms with van der Waals surface area (Å²) in [5, 5.41) is 8.18. The Kier molecular flexibility index (Phi) is 12.6. The maximum atomic E-state index is 2.89. The molecule has 3 aliphatic carbocycles. The lowest BCUT2D eigenvalue weighted by Gasteiger charge is -2.57. The number of fused-ring (bicyclic) bond motifs is 28. The van der Waals surface area contributed by atoms with Crippen LogP contribution in [-0.2, 0) is 16.2 Å². The molecule has 12 aromatic carbocycles. The number of benzene rings is 12. The van der Waals surface area contributed by atoms with Crippen molar-refractivity contribution in [3.63, 3.8) is 0 Å². The van der Waals surface area contributed by atoms with Gasteiger partial charge in [0.2, 0.25) is 0 Å². The van der Waals surface area contributed by atoms with Crippen molar-refractivity contribution in [2.75, 3.05) is 14.7 Å². The SMILES string of the molecule is CCC12CCCCC1(CC)N1c3cccc4c3B(c3cc(C)cc2c31)c1cccc2c3ccccc3n-4c12.Cc1cc2c3c(c1)C(C)(C)C(C)(C)N3c1cccc3c1B2c1cccc2c4ccccc4n-3c12.Cc1cc2c3c(c1)C1(C)CC4CCCCC4CC1(C)N3c1cccc3c1B2c1cccc2c4ccccc4n-3c12. The average Bonchev–Trinajstić information content (AvgIpc) is 1.49. The second-order valence-corrected chi connectivity index (χ2v) is 38.0. The van der Waals surface area contributed by atoms with Gasteiger partial charge in [0.25, 0.3) is 20.1 Å². The van der Waals surface area contributed by atoms with E-state index in [1.807, 2.05) is 0 Å². The molecule has 0 bridgehead atoms. The van der Waals surface area contributed by atoms with Gasteiger partial charge >= 0.3 is 0 Å². The molecule has 12 aliphatic rings. The first-order valence-corrected chi connectivity index (χ1v) is 42.8. The minimum Gasteiger partial charge on any atom is -0.336 e. The van der Waals surface area contributed by atoms with Gasteiger partial charge in [-0.1, -0.05) is 254 Å². The molecule has 3 saturated carbocycles. The van der Waals surface area contributed by atoms with Crippen LogP contribution < -0.4 is 63.9 Å². The molecular formula is C103H95B3N6. The highest BCUT2D eigenvalue weighted by molar-refractivity contribution is 7.02. The number of rotatable bonds is 2. The molecule has 0 amide bonds. The van der Waals surface area contributed by atoms with E-state index in [1.54, 1.807) is 33.4 Å². The number of anilines is 6. The van der Waals surface area contributed by atoms with Gasteiger partial charge in [-0.25, -0.2) is 0 Å². The quantitative estimate of drug-likeness (QED) is 0.161. The van der Waals surface area contributed by atoms with Gasteiger partial charge in [-0.3, -0.25) is 0 Å². The van der Waals surface area contributed by atoms with E-state index in [2.05, 4.69) is 323 Å². The lowest BCUT2D eigenvalue weighted by Crippen LogP contribution is -2.65. The molecule has 0 saturated heterocycles. The summed E-state index contributed by atoms with van der Waals surface area (Å²) in [6.07, 6.45) is 16.0. The van der Waals surface area contributed by atoms with Gasteiger partial charge in [0.15, 0.2) is 0 Å². The second-order valence-electron chi connectivity index (χ2n) is 38.0. The summed E-state index contributed by atoms with van der Waals surface area (Å²) in [6, 6.07) is 84.4. The second kappa shape index (κ2) is 21.7. The van der Waals surface area contributed by atoms with Gasteiger partial charge in [0.05, 0.1) is 27.6 Å². The number of aryl methyl sites for hydroxylation is 3. The topological polar surface area (TPSA) is 24.5 Å². The van der Waals surface area contributed by atoms with Crippen molar-refractivity contribution < 1.29 is 0 Å². The van der Waals surface area contributed by atoms with Crippen LogP contribution in [0.4, 0.5) is 34.1 Å². The fourth-order valence-electron chi connectivity index (χ4n) is 27.7. The van der Waals surface area contributed by atoms with Crippen LogP contribution in [0.2, 0.25) is 0 Å². The van der Waals surface area contributed by atoms with E-state index in [1.165, 1.54) is 243 Å². The van der Waals surface area contributed by atoms with Crippen molar-refractivity contribution in [1.29, 1.82) is 0 Å². The van der Waals surface area contributed by atoms with Crippen LogP contribution in [-0.4, -0.2) is 50.5 Å². The molecular weight excluding hydrogens is 1350 g/mol. The normalized spacial score (nSPS) is 23.9. The molecule has 0 N–H and O–H groups in total. The summed E-state index contributed by atoms with van der Waals surface area (Å²) in [5.74, 6) is 1.74. The van der Waals surface area contributed by atoms with Crippen LogP contribution in [0, 0.1) is 32.6 Å². The van der Waals surface area contributed by atoms with Gasteiger partial charge in [-0.05, 0) is 212 Å². The van der Waals surface area contributed by atoms with Gasteiger partial charge < -0.3 is 28.4 Å². The molecule has 6 nitrogen and oxygen atoms in total. The minimum atomic E-state index is -0.0387. The number of hydrogen-bond donors (Lipinski definition) is 0. The molecule has 9 aliphatic heterocycles. The average molecular weight is 1450 g/mol. The summed E-state index contributed by atoms with van der Waals surface area (Å²) in [7, 11) is 0. The third-order valence-corrected chi connectivity index (χ3v) is 33.0. The van der Waals surface area contributed by atoms with E-state index in [9.17, 15) is 0 Å². The predicted molar refractivity (Wildman–Crippen MR) is 477 cm³/mol. The van der Waals surface area contributed by atoms with Crippen LogP contribution in [0.25, 0.3) is 82.5 Å². The van der Waals surface area contributed by atoms with E-state index in [0.717, 1.165) is 11.8 Å². The highest BCUT2D eigenvalue weighted by Gasteiger charge is 2.66. The molecule has 0 radical (unpaired) electrons. The van der Waals surface area contributed by atoms with E-state index >= 15 is 0 Å². The van der Waals surface area contributed by atoms with Crippen molar-refractivity contribution >= 4 is 169 Å². The van der Waals surface area contributed by atoms with Crippen molar-refractivity contribution in [2.24, 2.45) is 11.8 Å². The Hall–Kier alpha value is -10.4. The minimum absolute atomic E-state index is 0.0351. The fourth-order valence-corrected chi connectivity index (χ4v) is 27.7. The first kappa shape index (κ1) is 65.2.